The number of carbonyl (C=O) groups excluding carboxylic acids is 1. The molecule has 1 aromatic carbocycles. The van der Waals surface area contributed by atoms with Gasteiger partial charge in [0.1, 0.15) is 35.2 Å². The first kappa shape index (κ1) is 22.2. The summed E-state index contributed by atoms with van der Waals surface area (Å²) in [6, 6.07) is 6.62. The van der Waals surface area contributed by atoms with Gasteiger partial charge in [0.2, 0.25) is 0 Å². The molecule has 180 valence electrons. The van der Waals surface area contributed by atoms with Gasteiger partial charge in [-0.25, -0.2) is 18.9 Å². The number of fused-ring (bicyclic) bond motifs is 2. The van der Waals surface area contributed by atoms with Crippen molar-refractivity contribution in [1.29, 1.82) is 0 Å². The number of anilines is 1. The summed E-state index contributed by atoms with van der Waals surface area (Å²) in [5.74, 6) is 0.334. The van der Waals surface area contributed by atoms with Crippen molar-refractivity contribution in [3.05, 3.63) is 93.8 Å². The van der Waals surface area contributed by atoms with Crippen molar-refractivity contribution in [3.8, 4) is 5.69 Å². The van der Waals surface area contributed by atoms with Gasteiger partial charge in [-0.2, -0.15) is 5.10 Å². The smallest absolute Gasteiger partial charge is 0.284 e. The highest BCUT2D eigenvalue weighted by Gasteiger charge is 2.36. The minimum absolute atomic E-state index is 0.128. The number of rotatable bonds is 4. The highest BCUT2D eigenvalue weighted by Crippen LogP contribution is 2.41. The van der Waals surface area contributed by atoms with E-state index in [4.69, 9.17) is 16.7 Å². The fourth-order valence-corrected chi connectivity index (χ4v) is 5.03. The van der Waals surface area contributed by atoms with Crippen molar-refractivity contribution in [3.63, 3.8) is 0 Å². The standard InChI is InChI=1S/C25H19ClFN7O2/c1-13-7-9-32(23-19-17(14(2)35)11-28-22(19)29-12-30-23)20(13)24-31-33-10-8-18(26)21(33)25(36)34(24)16-5-3-15(27)4-6-16/h3-6,8,10-12,20H,1,7,9H2,2H3,(H,28,29,30)/t20-/m0/s1. The Morgan fingerprint density at radius 3 is 2.75 bits per heavy atom. The first-order chi connectivity index (χ1) is 17.3. The molecule has 36 heavy (non-hydrogen) atoms. The lowest BCUT2D eigenvalue weighted by Gasteiger charge is -2.28. The number of carbonyl (C=O) groups is 1. The lowest BCUT2D eigenvalue weighted by Crippen LogP contribution is -2.33. The van der Waals surface area contributed by atoms with Gasteiger partial charge in [-0.3, -0.25) is 14.2 Å². The highest BCUT2D eigenvalue weighted by atomic mass is 35.5. The minimum atomic E-state index is -0.568. The van der Waals surface area contributed by atoms with Crippen LogP contribution >= 0.6 is 11.6 Å². The number of hydrogen-bond acceptors (Lipinski definition) is 6. The van der Waals surface area contributed by atoms with E-state index in [1.807, 2.05) is 4.90 Å². The number of ketones is 1. The summed E-state index contributed by atoms with van der Waals surface area (Å²) in [6.45, 7) is 6.28. The zero-order chi connectivity index (χ0) is 25.1. The van der Waals surface area contributed by atoms with Gasteiger partial charge in [0, 0.05) is 24.5 Å². The molecule has 5 heterocycles. The van der Waals surface area contributed by atoms with Crippen LogP contribution in [-0.4, -0.2) is 41.5 Å². The molecule has 11 heteroatoms. The van der Waals surface area contributed by atoms with Crippen molar-refractivity contribution in [1.82, 2.24) is 29.1 Å². The zero-order valence-electron chi connectivity index (χ0n) is 19.1. The summed E-state index contributed by atoms with van der Waals surface area (Å²) in [6.07, 6.45) is 5.26. The first-order valence-electron chi connectivity index (χ1n) is 11.2. The van der Waals surface area contributed by atoms with Gasteiger partial charge in [-0.1, -0.05) is 18.2 Å². The van der Waals surface area contributed by atoms with E-state index in [9.17, 15) is 14.0 Å². The van der Waals surface area contributed by atoms with Crippen LogP contribution < -0.4 is 10.5 Å². The van der Waals surface area contributed by atoms with Gasteiger partial charge in [0.15, 0.2) is 11.6 Å². The van der Waals surface area contributed by atoms with Crippen LogP contribution in [0.4, 0.5) is 10.2 Å². The van der Waals surface area contributed by atoms with Gasteiger partial charge in [0.25, 0.3) is 5.56 Å². The molecule has 4 aromatic heterocycles. The van der Waals surface area contributed by atoms with Crippen molar-refractivity contribution < 1.29 is 9.18 Å². The summed E-state index contributed by atoms with van der Waals surface area (Å²) in [7, 11) is 0. The van der Waals surface area contributed by atoms with Gasteiger partial charge < -0.3 is 9.88 Å². The van der Waals surface area contributed by atoms with E-state index in [0.29, 0.717) is 46.9 Å². The fourth-order valence-electron chi connectivity index (χ4n) is 4.81. The highest BCUT2D eigenvalue weighted by molar-refractivity contribution is 6.33. The molecule has 9 nitrogen and oxygen atoms in total. The monoisotopic (exact) mass is 503 g/mol. The Morgan fingerprint density at radius 1 is 1.22 bits per heavy atom. The fraction of sp³-hybridized carbons (Fsp3) is 0.160. The molecule has 1 saturated heterocycles. The molecule has 0 spiro atoms. The predicted octanol–water partition coefficient (Wildman–Crippen LogP) is 4.26. The maximum atomic E-state index is 13.7. The largest absolute Gasteiger partial charge is 0.345 e. The Hall–Kier alpha value is -4.31. The Morgan fingerprint density at radius 2 is 2.00 bits per heavy atom. The summed E-state index contributed by atoms with van der Waals surface area (Å²) in [4.78, 5) is 39.9. The number of halogens is 2. The Bertz CT molecular complexity index is 1750. The third-order valence-electron chi connectivity index (χ3n) is 6.47. The SMILES string of the molecule is C=C1CCN(c2ncnc3[nH]cc(C(C)=O)c23)[C@@H]1c1nn2ccc(Cl)c2c(=O)n1-c1ccc(F)cc1. The van der Waals surface area contributed by atoms with Gasteiger partial charge in [0.05, 0.1) is 16.1 Å². The second-order valence-corrected chi connectivity index (χ2v) is 9.02. The maximum Gasteiger partial charge on any atom is 0.284 e. The van der Waals surface area contributed by atoms with Crippen LogP contribution in [0.1, 0.15) is 35.6 Å². The van der Waals surface area contributed by atoms with Gasteiger partial charge in [-0.05, 0) is 49.2 Å². The van der Waals surface area contributed by atoms with Crippen LogP contribution in [0.3, 0.4) is 0 Å². The maximum absolute atomic E-state index is 13.7. The van der Waals surface area contributed by atoms with Gasteiger partial charge in [-0.15, -0.1) is 0 Å². The quantitative estimate of drug-likeness (QED) is 0.290. The lowest BCUT2D eigenvalue weighted by atomic mass is 10.1. The van der Waals surface area contributed by atoms with E-state index < -0.39 is 17.4 Å². The predicted molar refractivity (Wildman–Crippen MR) is 133 cm³/mol. The molecule has 5 aromatic rings. The Balaban J connectivity index is 1.63. The second-order valence-electron chi connectivity index (χ2n) is 8.62. The van der Waals surface area contributed by atoms with Gasteiger partial charge >= 0.3 is 0 Å². The van der Waals surface area contributed by atoms with Crippen molar-refractivity contribution in [2.45, 2.75) is 19.4 Å². The zero-order valence-corrected chi connectivity index (χ0v) is 19.8. The molecule has 0 bridgehead atoms. The molecule has 1 N–H and O–H groups in total. The Labute approximate surface area is 208 Å². The topological polar surface area (TPSA) is 101 Å². The van der Waals surface area contributed by atoms with E-state index in [-0.39, 0.29) is 16.3 Å². The third kappa shape index (κ3) is 3.25. The summed E-state index contributed by atoms with van der Waals surface area (Å²) in [5, 5.41) is 5.62. The number of aromatic amines is 1. The van der Waals surface area contributed by atoms with Crippen LogP contribution in [0.25, 0.3) is 22.2 Å². The molecule has 0 radical (unpaired) electrons. The van der Waals surface area contributed by atoms with Crippen LogP contribution in [0.5, 0.6) is 0 Å². The number of Topliss-reactive ketones (excluding diaryl/α,β-unsaturated/α-hetero) is 1. The molecule has 6 rings (SSSR count). The summed E-state index contributed by atoms with van der Waals surface area (Å²) >= 11 is 6.31. The van der Waals surface area contributed by atoms with E-state index in [2.05, 4.69) is 21.5 Å². The van der Waals surface area contributed by atoms with Crippen molar-refractivity contribution in [2.24, 2.45) is 0 Å². The second kappa shape index (κ2) is 8.13. The van der Waals surface area contributed by atoms with Crippen LogP contribution in [0.15, 0.2) is 66.0 Å². The minimum Gasteiger partial charge on any atom is -0.345 e. The number of aromatic nitrogens is 6. The Kier molecular flexibility index (Phi) is 5.01. The van der Waals surface area contributed by atoms with Crippen LogP contribution in [0.2, 0.25) is 5.02 Å². The molecule has 0 aliphatic carbocycles. The van der Waals surface area contributed by atoms with Crippen molar-refractivity contribution >= 4 is 39.8 Å². The molecule has 1 fully saturated rings. The normalized spacial score (nSPS) is 15.9. The third-order valence-corrected chi connectivity index (χ3v) is 6.77. The molecule has 1 aliphatic rings. The number of nitrogens with zero attached hydrogens (tertiary/aromatic N) is 6. The van der Waals surface area contributed by atoms with Crippen LogP contribution in [-0.2, 0) is 0 Å². The van der Waals surface area contributed by atoms with Crippen molar-refractivity contribution in [2.75, 3.05) is 11.4 Å². The van der Waals surface area contributed by atoms with E-state index >= 15 is 0 Å². The number of nitrogens with one attached hydrogen (secondary N) is 1. The van der Waals surface area contributed by atoms with E-state index in [1.54, 1.807) is 18.5 Å². The lowest BCUT2D eigenvalue weighted by molar-refractivity contribution is 0.101. The molecule has 0 saturated carbocycles. The average Bonchev–Trinajstić information content (AvgIpc) is 3.56. The molecular weight excluding hydrogens is 485 g/mol. The first-order valence-corrected chi connectivity index (χ1v) is 11.6. The molecule has 0 unspecified atom stereocenters. The summed E-state index contributed by atoms with van der Waals surface area (Å²) < 4.78 is 16.6. The van der Waals surface area contributed by atoms with E-state index in [0.717, 1.165) is 5.57 Å². The van der Waals surface area contributed by atoms with E-state index in [1.165, 1.54) is 46.6 Å². The summed E-state index contributed by atoms with van der Waals surface area (Å²) in [5.41, 5.74) is 2.03. The average molecular weight is 504 g/mol. The molecule has 1 atom stereocenters. The van der Waals surface area contributed by atoms with Crippen LogP contribution in [0, 0.1) is 5.82 Å². The molecule has 1 aliphatic heterocycles. The number of hydrogen-bond donors (Lipinski definition) is 1. The molecular formula is C25H19ClFN7O2. The number of H-pyrrole nitrogens is 1. The molecule has 0 amide bonds. The number of benzene rings is 1.